The van der Waals surface area contributed by atoms with Crippen molar-refractivity contribution in [2.75, 3.05) is 7.11 Å². The molecule has 3 nitrogen and oxygen atoms in total. The summed E-state index contributed by atoms with van der Waals surface area (Å²) in [6.07, 6.45) is 1.44. The SMILES string of the molecule is COC(=O)/C(C#N)=C\c1cc(Br)c(Cl)s1. The molecule has 0 aliphatic carbocycles. The number of methoxy groups -OCH3 is 1. The summed E-state index contributed by atoms with van der Waals surface area (Å²) in [5.74, 6) is -0.654. The normalized spacial score (nSPS) is 10.9. The number of rotatable bonds is 2. The van der Waals surface area contributed by atoms with Gasteiger partial charge < -0.3 is 4.74 Å². The number of esters is 1. The third kappa shape index (κ3) is 3.06. The van der Waals surface area contributed by atoms with Crippen molar-refractivity contribution < 1.29 is 9.53 Å². The molecule has 0 radical (unpaired) electrons. The molecule has 0 amide bonds. The monoisotopic (exact) mass is 305 g/mol. The minimum Gasteiger partial charge on any atom is -0.465 e. The van der Waals surface area contributed by atoms with Crippen LogP contribution in [0.2, 0.25) is 4.34 Å². The Morgan fingerprint density at radius 2 is 2.47 bits per heavy atom. The van der Waals surface area contributed by atoms with Crippen LogP contribution >= 0.6 is 38.9 Å². The van der Waals surface area contributed by atoms with Crippen LogP contribution in [0.5, 0.6) is 0 Å². The van der Waals surface area contributed by atoms with Crippen LogP contribution in [0.25, 0.3) is 6.08 Å². The third-order valence-corrected chi connectivity index (χ3v) is 3.90. The van der Waals surface area contributed by atoms with Gasteiger partial charge in [0.25, 0.3) is 0 Å². The van der Waals surface area contributed by atoms with Crippen LogP contribution in [0.3, 0.4) is 0 Å². The predicted octanol–water partition coefficient (Wildman–Crippen LogP) is 3.24. The maximum absolute atomic E-state index is 11.1. The van der Waals surface area contributed by atoms with Crippen LogP contribution in [-0.2, 0) is 9.53 Å². The van der Waals surface area contributed by atoms with Crippen molar-refractivity contribution in [3.63, 3.8) is 0 Å². The molecule has 1 aromatic heterocycles. The fraction of sp³-hybridized carbons (Fsp3) is 0.111. The van der Waals surface area contributed by atoms with E-state index in [1.807, 2.05) is 0 Å². The lowest BCUT2D eigenvalue weighted by Crippen LogP contribution is -2.02. The highest BCUT2D eigenvalue weighted by molar-refractivity contribution is 9.10. The van der Waals surface area contributed by atoms with E-state index in [0.717, 1.165) is 4.47 Å². The molecule has 1 heterocycles. The highest BCUT2D eigenvalue weighted by Gasteiger charge is 2.10. The van der Waals surface area contributed by atoms with Gasteiger partial charge in [-0.2, -0.15) is 5.26 Å². The Balaban J connectivity index is 3.05. The number of nitrogens with zero attached hydrogens (tertiary/aromatic N) is 1. The molecule has 0 saturated carbocycles. The van der Waals surface area contributed by atoms with Gasteiger partial charge >= 0.3 is 5.97 Å². The Bertz CT molecular complexity index is 442. The number of carbonyl (C=O) groups is 1. The van der Waals surface area contributed by atoms with Crippen molar-refractivity contribution >= 4 is 50.9 Å². The molecule has 78 valence electrons. The minimum absolute atomic E-state index is 0.0529. The van der Waals surface area contributed by atoms with Crippen LogP contribution in [0.1, 0.15) is 4.88 Å². The number of ether oxygens (including phenoxy) is 1. The summed E-state index contributed by atoms with van der Waals surface area (Å²) in [5.41, 5.74) is -0.0529. The molecule has 0 saturated heterocycles. The van der Waals surface area contributed by atoms with Crippen molar-refractivity contribution in [1.82, 2.24) is 0 Å². The lowest BCUT2D eigenvalue weighted by atomic mass is 10.2. The van der Waals surface area contributed by atoms with Crippen LogP contribution in [0, 0.1) is 11.3 Å². The molecule has 0 fully saturated rings. The lowest BCUT2D eigenvalue weighted by Gasteiger charge is -1.93. The molecule has 0 bridgehead atoms. The van der Waals surface area contributed by atoms with E-state index in [2.05, 4.69) is 20.7 Å². The number of hydrogen-bond donors (Lipinski definition) is 0. The summed E-state index contributed by atoms with van der Waals surface area (Å²) >= 11 is 10.3. The fourth-order valence-electron chi connectivity index (χ4n) is 0.824. The highest BCUT2D eigenvalue weighted by Crippen LogP contribution is 2.33. The maximum Gasteiger partial charge on any atom is 0.348 e. The first kappa shape index (κ1) is 12.2. The molecule has 0 aliphatic rings. The first-order chi connectivity index (χ1) is 7.08. The van der Waals surface area contributed by atoms with Crippen LogP contribution in [-0.4, -0.2) is 13.1 Å². The second-order valence-corrected chi connectivity index (χ2v) is 4.97. The molecule has 0 unspecified atom stereocenters. The first-order valence-corrected chi connectivity index (χ1v) is 5.72. The number of carbonyl (C=O) groups excluding carboxylic acids is 1. The fourth-order valence-corrected chi connectivity index (χ4v) is 2.50. The molecular formula is C9H5BrClNO2S. The standard InChI is InChI=1S/C9H5BrClNO2S/c1-14-9(13)5(4-12)2-6-3-7(10)8(11)15-6/h2-3H,1H3/b5-2-. The summed E-state index contributed by atoms with van der Waals surface area (Å²) < 4.78 is 5.75. The van der Waals surface area contributed by atoms with Crippen molar-refractivity contribution in [2.24, 2.45) is 0 Å². The second kappa shape index (κ2) is 5.31. The zero-order chi connectivity index (χ0) is 11.4. The second-order valence-electron chi connectivity index (χ2n) is 2.43. The highest BCUT2D eigenvalue weighted by atomic mass is 79.9. The largest absolute Gasteiger partial charge is 0.465 e. The first-order valence-electron chi connectivity index (χ1n) is 3.73. The Hall–Kier alpha value is -0.830. The molecule has 0 spiro atoms. The van der Waals surface area contributed by atoms with Gasteiger partial charge in [-0.25, -0.2) is 4.79 Å². The number of halogens is 2. The molecule has 0 N–H and O–H groups in total. The Kier molecular flexibility index (Phi) is 4.33. The van der Waals surface area contributed by atoms with E-state index < -0.39 is 5.97 Å². The van der Waals surface area contributed by atoms with Gasteiger partial charge in [-0.15, -0.1) is 11.3 Å². The van der Waals surface area contributed by atoms with Crippen LogP contribution in [0.15, 0.2) is 16.1 Å². The van der Waals surface area contributed by atoms with Crippen LogP contribution in [0.4, 0.5) is 0 Å². The van der Waals surface area contributed by atoms with E-state index in [1.54, 1.807) is 12.1 Å². The topological polar surface area (TPSA) is 50.1 Å². The van der Waals surface area contributed by atoms with E-state index in [1.165, 1.54) is 24.5 Å². The van der Waals surface area contributed by atoms with E-state index in [-0.39, 0.29) is 5.57 Å². The van der Waals surface area contributed by atoms with Crippen molar-refractivity contribution in [2.45, 2.75) is 0 Å². The lowest BCUT2D eigenvalue weighted by molar-refractivity contribution is -0.135. The third-order valence-electron chi connectivity index (χ3n) is 1.48. The molecule has 0 aliphatic heterocycles. The van der Waals surface area contributed by atoms with Gasteiger partial charge in [0.15, 0.2) is 0 Å². The average Bonchev–Trinajstić information content (AvgIpc) is 2.53. The zero-order valence-electron chi connectivity index (χ0n) is 7.58. The van der Waals surface area contributed by atoms with Gasteiger partial charge in [-0.1, -0.05) is 11.6 Å². The van der Waals surface area contributed by atoms with E-state index in [4.69, 9.17) is 16.9 Å². The maximum atomic E-state index is 11.1. The number of hydrogen-bond acceptors (Lipinski definition) is 4. The molecule has 6 heteroatoms. The minimum atomic E-state index is -0.654. The Morgan fingerprint density at radius 1 is 1.80 bits per heavy atom. The van der Waals surface area contributed by atoms with E-state index >= 15 is 0 Å². The van der Waals surface area contributed by atoms with Gasteiger partial charge in [0.2, 0.25) is 0 Å². The summed E-state index contributed by atoms with van der Waals surface area (Å²) in [7, 11) is 1.23. The number of thiophene rings is 1. The van der Waals surface area contributed by atoms with Gasteiger partial charge in [-0.05, 0) is 28.1 Å². The van der Waals surface area contributed by atoms with Crippen LogP contribution < -0.4 is 0 Å². The zero-order valence-corrected chi connectivity index (χ0v) is 10.7. The summed E-state index contributed by atoms with van der Waals surface area (Å²) in [6, 6.07) is 3.49. The Labute approximate surface area is 104 Å². The van der Waals surface area contributed by atoms with Crippen molar-refractivity contribution in [3.8, 4) is 6.07 Å². The Morgan fingerprint density at radius 3 is 2.87 bits per heavy atom. The van der Waals surface area contributed by atoms with Gasteiger partial charge in [0, 0.05) is 9.35 Å². The molecule has 15 heavy (non-hydrogen) atoms. The summed E-state index contributed by atoms with van der Waals surface area (Å²) in [4.78, 5) is 11.8. The molecular weight excluding hydrogens is 302 g/mol. The van der Waals surface area contributed by atoms with Crippen molar-refractivity contribution in [3.05, 3.63) is 25.3 Å². The van der Waals surface area contributed by atoms with Crippen molar-refractivity contribution in [1.29, 1.82) is 5.26 Å². The van der Waals surface area contributed by atoms with E-state index in [9.17, 15) is 4.79 Å². The summed E-state index contributed by atoms with van der Waals surface area (Å²) in [5, 5.41) is 8.71. The quantitative estimate of drug-likeness (QED) is 0.479. The smallest absolute Gasteiger partial charge is 0.348 e. The molecule has 1 rings (SSSR count). The predicted molar refractivity (Wildman–Crippen MR) is 62.6 cm³/mol. The van der Waals surface area contributed by atoms with Gasteiger partial charge in [0.05, 0.1) is 7.11 Å². The molecule has 0 aromatic carbocycles. The number of nitriles is 1. The average molecular weight is 307 g/mol. The van der Waals surface area contributed by atoms with Gasteiger partial charge in [-0.3, -0.25) is 0 Å². The molecule has 0 atom stereocenters. The summed E-state index contributed by atoms with van der Waals surface area (Å²) in [6.45, 7) is 0. The van der Waals surface area contributed by atoms with Gasteiger partial charge in [0.1, 0.15) is 16.0 Å². The molecule has 1 aromatic rings. The van der Waals surface area contributed by atoms with E-state index in [0.29, 0.717) is 9.21 Å².